The van der Waals surface area contributed by atoms with Crippen molar-refractivity contribution in [3.8, 4) is 11.1 Å². The Kier molecular flexibility index (Phi) is 6.70. The number of benzene rings is 2. The standard InChI is InChI=1S/C13H9.C5H5.C3H7.2ClH.Hf/c1-3-7-12-10(5-1)9-11-6-2-4-8-13(11)12;1-2-4-5-3-1;1-3-2;;;/h1-5,7-8H,9H2;1-5H;3H,1-2H3;2*1H;/q;;;;;+2/p-2. The maximum Gasteiger partial charge on any atom is -1.00 e. The number of halogens is 2. The van der Waals surface area contributed by atoms with Crippen molar-refractivity contribution in [2.24, 2.45) is 0 Å². The summed E-state index contributed by atoms with van der Waals surface area (Å²) >= 11 is -1.94. The minimum absolute atomic E-state index is 0. The molecule has 0 amide bonds. The molecule has 24 heavy (non-hydrogen) atoms. The molecule has 0 aliphatic heterocycles. The third-order valence-corrected chi connectivity index (χ3v) is 17.2. The normalized spacial score (nSPS) is 14.1. The quantitative estimate of drug-likeness (QED) is 0.398. The molecule has 0 saturated carbocycles. The van der Waals surface area contributed by atoms with Crippen LogP contribution in [0.5, 0.6) is 0 Å². The van der Waals surface area contributed by atoms with E-state index in [9.17, 15) is 0 Å². The summed E-state index contributed by atoms with van der Waals surface area (Å²) in [6, 6.07) is 16.0. The molecular weight excluding hydrogens is 502 g/mol. The van der Waals surface area contributed by atoms with Crippen molar-refractivity contribution in [1.82, 2.24) is 0 Å². The first-order chi connectivity index (χ1) is 10.8. The molecule has 123 valence electrons. The zero-order chi connectivity index (χ0) is 15.1. The molecule has 0 fully saturated rings. The zero-order valence-electron chi connectivity index (χ0n) is 14.0. The molecular formula is C21H21Cl2Hf. The van der Waals surface area contributed by atoms with E-state index in [1.807, 2.05) is 0 Å². The van der Waals surface area contributed by atoms with Crippen molar-refractivity contribution in [3.05, 3.63) is 77.9 Å². The second kappa shape index (κ2) is 8.17. The van der Waals surface area contributed by atoms with Crippen LogP contribution in [0.15, 0.2) is 66.8 Å². The van der Waals surface area contributed by atoms with E-state index in [2.05, 4.69) is 80.6 Å². The molecule has 0 heterocycles. The summed E-state index contributed by atoms with van der Waals surface area (Å²) in [5.74, 6) is 0. The molecule has 2 aromatic carbocycles. The van der Waals surface area contributed by atoms with Gasteiger partial charge in [-0.15, -0.1) is 0 Å². The van der Waals surface area contributed by atoms with Crippen LogP contribution in [-0.4, -0.2) is 0 Å². The second-order valence-electron chi connectivity index (χ2n) is 6.57. The van der Waals surface area contributed by atoms with Gasteiger partial charge in [-0.05, 0) is 0 Å². The molecule has 2 aromatic rings. The van der Waals surface area contributed by atoms with Crippen LogP contribution in [0, 0.1) is 0 Å². The fraction of sp³-hybridized carbons (Fsp3) is 0.238. The van der Waals surface area contributed by atoms with Crippen LogP contribution in [0.2, 0.25) is 7.35 Å². The fourth-order valence-corrected chi connectivity index (χ4v) is 15.6. The number of allylic oxidation sites excluding steroid dienone is 4. The van der Waals surface area contributed by atoms with Gasteiger partial charge < -0.3 is 24.8 Å². The molecule has 0 atom stereocenters. The Labute approximate surface area is 165 Å². The Morgan fingerprint density at radius 2 is 1.54 bits per heavy atom. The topological polar surface area (TPSA) is 0 Å². The maximum absolute atomic E-state index is 2.45. The molecule has 0 saturated heterocycles. The van der Waals surface area contributed by atoms with E-state index < -0.39 is 21.4 Å². The maximum atomic E-state index is 2.45. The predicted octanol–water partition coefficient (Wildman–Crippen LogP) is -0.748. The van der Waals surface area contributed by atoms with Crippen LogP contribution in [0.4, 0.5) is 0 Å². The van der Waals surface area contributed by atoms with Crippen LogP contribution in [0.3, 0.4) is 0 Å². The molecule has 0 spiro atoms. The SMILES string of the molecule is C[CH](C)[Hf+2]([c]1cccc2c1Cc1ccccc1-2)[CH]1C=CC=C1.[Cl-].[Cl-]. The summed E-state index contributed by atoms with van der Waals surface area (Å²) in [5, 5.41) is 0. The van der Waals surface area contributed by atoms with Gasteiger partial charge >= 0.3 is 141 Å². The van der Waals surface area contributed by atoms with Gasteiger partial charge in [0.05, 0.1) is 0 Å². The van der Waals surface area contributed by atoms with Gasteiger partial charge in [-0.3, -0.25) is 0 Å². The minimum atomic E-state index is -1.94. The average Bonchev–Trinajstić information content (AvgIpc) is 3.15. The van der Waals surface area contributed by atoms with Crippen molar-refractivity contribution in [3.63, 3.8) is 0 Å². The van der Waals surface area contributed by atoms with Crippen LogP contribution < -0.4 is 28.1 Å². The summed E-state index contributed by atoms with van der Waals surface area (Å²) in [4.78, 5) is 0. The molecule has 0 nitrogen and oxygen atoms in total. The van der Waals surface area contributed by atoms with Crippen LogP contribution in [-0.2, 0) is 27.9 Å². The van der Waals surface area contributed by atoms with Crippen molar-refractivity contribution < 1.29 is 46.3 Å². The Bertz CT molecular complexity index is 765. The van der Waals surface area contributed by atoms with E-state index in [4.69, 9.17) is 0 Å². The zero-order valence-corrected chi connectivity index (χ0v) is 19.1. The summed E-state index contributed by atoms with van der Waals surface area (Å²) in [6.07, 6.45) is 10.5. The van der Waals surface area contributed by atoms with E-state index >= 15 is 0 Å². The number of hydrogen-bond donors (Lipinski definition) is 0. The smallest absolute Gasteiger partial charge is 1.00 e. The van der Waals surface area contributed by atoms with Gasteiger partial charge in [0.1, 0.15) is 0 Å². The Morgan fingerprint density at radius 3 is 2.25 bits per heavy atom. The van der Waals surface area contributed by atoms with Crippen LogP contribution in [0.1, 0.15) is 25.0 Å². The predicted molar refractivity (Wildman–Crippen MR) is 91.4 cm³/mol. The summed E-state index contributed by atoms with van der Waals surface area (Å²) in [5.41, 5.74) is 6.12. The first-order valence-corrected chi connectivity index (χ1v) is 14.1. The van der Waals surface area contributed by atoms with Gasteiger partial charge in [0.2, 0.25) is 0 Å². The van der Waals surface area contributed by atoms with E-state index in [1.165, 1.54) is 16.7 Å². The van der Waals surface area contributed by atoms with Crippen LogP contribution >= 0.6 is 0 Å². The fourth-order valence-electron chi connectivity index (χ4n) is 3.94. The van der Waals surface area contributed by atoms with Crippen molar-refractivity contribution in [1.29, 1.82) is 0 Å². The average molecular weight is 523 g/mol. The Balaban J connectivity index is 0.00000104. The van der Waals surface area contributed by atoms with Gasteiger partial charge in [-0.2, -0.15) is 0 Å². The molecule has 3 heteroatoms. The van der Waals surface area contributed by atoms with E-state index in [0.717, 1.165) is 13.8 Å². The molecule has 0 aromatic heterocycles. The monoisotopic (exact) mass is 523 g/mol. The molecule has 2 aliphatic carbocycles. The summed E-state index contributed by atoms with van der Waals surface area (Å²) in [6.45, 7) is 4.90. The third-order valence-electron chi connectivity index (χ3n) is 4.89. The molecule has 2 aliphatic rings. The summed E-state index contributed by atoms with van der Waals surface area (Å²) in [7, 11) is 0. The largest absolute Gasteiger partial charge is 1.00 e. The van der Waals surface area contributed by atoms with Crippen molar-refractivity contribution >= 4 is 3.32 Å². The Morgan fingerprint density at radius 1 is 0.875 bits per heavy atom. The number of hydrogen-bond acceptors (Lipinski definition) is 0. The van der Waals surface area contributed by atoms with E-state index in [-0.39, 0.29) is 24.8 Å². The van der Waals surface area contributed by atoms with E-state index in [1.54, 1.807) is 8.88 Å². The van der Waals surface area contributed by atoms with Gasteiger partial charge in [0.25, 0.3) is 0 Å². The summed E-state index contributed by atoms with van der Waals surface area (Å²) < 4.78 is 3.35. The van der Waals surface area contributed by atoms with Gasteiger partial charge in [-0.25, -0.2) is 0 Å². The first kappa shape index (κ1) is 19.7. The third kappa shape index (κ3) is 3.36. The molecule has 4 rings (SSSR count). The van der Waals surface area contributed by atoms with E-state index in [0.29, 0.717) is 0 Å². The first-order valence-electron chi connectivity index (χ1n) is 8.18. The number of fused-ring (bicyclic) bond motifs is 3. The minimum Gasteiger partial charge on any atom is -1.00 e. The molecule has 0 bridgehead atoms. The number of rotatable bonds is 3. The van der Waals surface area contributed by atoms with Crippen molar-refractivity contribution in [2.75, 3.05) is 0 Å². The molecule has 0 radical (unpaired) electrons. The van der Waals surface area contributed by atoms with Crippen LogP contribution in [0.25, 0.3) is 11.1 Å². The van der Waals surface area contributed by atoms with Crippen molar-refractivity contribution in [2.45, 2.75) is 27.6 Å². The van der Waals surface area contributed by atoms with Gasteiger partial charge in [-0.1, -0.05) is 0 Å². The Hall–Kier alpha value is -0.630. The van der Waals surface area contributed by atoms with Gasteiger partial charge in [0, 0.05) is 0 Å². The molecule has 0 N–H and O–H groups in total. The van der Waals surface area contributed by atoms with Gasteiger partial charge in [0.15, 0.2) is 0 Å². The molecule has 0 unspecified atom stereocenters. The second-order valence-corrected chi connectivity index (χ2v) is 18.3.